The molecule has 0 aromatic carbocycles. The van der Waals surface area contributed by atoms with Gasteiger partial charge in [-0.1, -0.05) is 12.1 Å². The van der Waals surface area contributed by atoms with Crippen LogP contribution in [0.5, 0.6) is 0 Å². The maximum atomic E-state index is 5.15. The molecule has 1 unspecified atom stereocenters. The van der Waals surface area contributed by atoms with E-state index in [1.165, 1.54) is 5.69 Å². The summed E-state index contributed by atoms with van der Waals surface area (Å²) < 4.78 is 7.35. The quantitative estimate of drug-likeness (QED) is 0.891. The van der Waals surface area contributed by atoms with Crippen molar-refractivity contribution in [1.82, 2.24) is 25.0 Å². The molecule has 3 heterocycles. The van der Waals surface area contributed by atoms with Crippen molar-refractivity contribution >= 4 is 0 Å². The first-order valence-electron chi connectivity index (χ1n) is 6.68. The second-order valence-electron chi connectivity index (χ2n) is 5.45. The van der Waals surface area contributed by atoms with E-state index >= 15 is 0 Å². The summed E-state index contributed by atoms with van der Waals surface area (Å²) in [6.45, 7) is 7.04. The van der Waals surface area contributed by atoms with Gasteiger partial charge in [0.1, 0.15) is 0 Å². The zero-order chi connectivity index (χ0) is 13.3. The van der Waals surface area contributed by atoms with Crippen LogP contribution in [-0.2, 0) is 18.4 Å². The Morgan fingerprint density at radius 2 is 2.42 bits per heavy atom. The lowest BCUT2D eigenvalue weighted by molar-refractivity contribution is 0.365. The molecule has 1 atom stereocenters. The summed E-state index contributed by atoms with van der Waals surface area (Å²) in [6, 6.07) is 0. The van der Waals surface area contributed by atoms with Crippen LogP contribution in [0.15, 0.2) is 17.0 Å². The highest BCUT2D eigenvalue weighted by Crippen LogP contribution is 2.29. The van der Waals surface area contributed by atoms with Crippen LogP contribution in [0.25, 0.3) is 0 Å². The van der Waals surface area contributed by atoms with Gasteiger partial charge in [-0.15, -0.1) is 0 Å². The Morgan fingerprint density at radius 1 is 1.53 bits per heavy atom. The highest BCUT2D eigenvalue weighted by molar-refractivity contribution is 5.17. The van der Waals surface area contributed by atoms with E-state index in [2.05, 4.69) is 31.9 Å². The monoisotopic (exact) mass is 261 g/mol. The number of imidazole rings is 1. The summed E-state index contributed by atoms with van der Waals surface area (Å²) in [7, 11) is 0. The normalized spacial score (nSPS) is 23.1. The van der Waals surface area contributed by atoms with Crippen LogP contribution in [0.3, 0.4) is 0 Å². The largest absolute Gasteiger partial charge is 0.339 e. The van der Waals surface area contributed by atoms with Gasteiger partial charge in [0, 0.05) is 36.8 Å². The summed E-state index contributed by atoms with van der Waals surface area (Å²) in [5.74, 6) is 1.37. The van der Waals surface area contributed by atoms with Gasteiger partial charge < -0.3 is 14.4 Å². The first-order valence-corrected chi connectivity index (χ1v) is 6.68. The van der Waals surface area contributed by atoms with Crippen LogP contribution in [-0.4, -0.2) is 32.8 Å². The molecule has 102 valence electrons. The molecule has 2 aromatic rings. The summed E-state index contributed by atoms with van der Waals surface area (Å²) in [5, 5.41) is 7.23. The van der Waals surface area contributed by atoms with Crippen molar-refractivity contribution in [3.05, 3.63) is 29.9 Å². The van der Waals surface area contributed by atoms with Crippen LogP contribution < -0.4 is 5.32 Å². The smallest absolute Gasteiger partial charge is 0.228 e. The third kappa shape index (κ3) is 2.40. The molecular formula is C13H19N5O. The summed E-state index contributed by atoms with van der Waals surface area (Å²) in [6.07, 6.45) is 5.76. The van der Waals surface area contributed by atoms with Gasteiger partial charge >= 0.3 is 0 Å². The molecule has 1 aliphatic rings. The van der Waals surface area contributed by atoms with E-state index in [0.717, 1.165) is 32.5 Å². The van der Waals surface area contributed by atoms with Crippen molar-refractivity contribution in [1.29, 1.82) is 0 Å². The highest BCUT2D eigenvalue weighted by Gasteiger charge is 2.33. The van der Waals surface area contributed by atoms with Gasteiger partial charge in [0.25, 0.3) is 0 Å². The number of aryl methyl sites for hydroxylation is 3. The molecule has 0 aliphatic carbocycles. The van der Waals surface area contributed by atoms with Gasteiger partial charge in [-0.05, 0) is 19.9 Å². The number of aromatic nitrogens is 4. The lowest BCUT2D eigenvalue weighted by atomic mass is 9.86. The Bertz CT molecular complexity index is 553. The Morgan fingerprint density at radius 3 is 3.11 bits per heavy atom. The number of hydrogen-bond acceptors (Lipinski definition) is 5. The van der Waals surface area contributed by atoms with Gasteiger partial charge in [-0.25, -0.2) is 4.98 Å². The molecule has 0 radical (unpaired) electrons. The SMILES string of the molecule is Cc1noc(CCn2cncc2C2(C)CCNC2)n1. The molecule has 2 aromatic heterocycles. The van der Waals surface area contributed by atoms with E-state index < -0.39 is 0 Å². The van der Waals surface area contributed by atoms with Gasteiger partial charge in [0.05, 0.1) is 6.33 Å². The van der Waals surface area contributed by atoms with E-state index in [1.54, 1.807) is 0 Å². The maximum absolute atomic E-state index is 5.15. The number of nitrogens with zero attached hydrogens (tertiary/aromatic N) is 4. The van der Waals surface area contributed by atoms with Crippen molar-refractivity contribution in [3.8, 4) is 0 Å². The first kappa shape index (κ1) is 12.3. The Balaban J connectivity index is 1.73. The van der Waals surface area contributed by atoms with E-state index in [0.29, 0.717) is 11.7 Å². The fourth-order valence-electron chi connectivity index (χ4n) is 2.69. The number of nitrogens with one attached hydrogen (secondary N) is 1. The Labute approximate surface area is 112 Å². The minimum absolute atomic E-state index is 0.182. The molecule has 6 heteroatoms. The lowest BCUT2D eigenvalue weighted by Crippen LogP contribution is -2.28. The Kier molecular flexibility index (Phi) is 3.10. The molecule has 0 saturated carbocycles. The highest BCUT2D eigenvalue weighted by atomic mass is 16.5. The molecule has 1 N–H and O–H groups in total. The topological polar surface area (TPSA) is 68.8 Å². The van der Waals surface area contributed by atoms with Crippen LogP contribution in [0, 0.1) is 6.92 Å². The molecule has 3 rings (SSSR count). The second-order valence-corrected chi connectivity index (χ2v) is 5.45. The molecule has 0 amide bonds. The molecule has 1 fully saturated rings. The summed E-state index contributed by atoms with van der Waals surface area (Å²) in [4.78, 5) is 8.53. The average Bonchev–Trinajstić information content (AvgIpc) is 3.07. The van der Waals surface area contributed by atoms with Crippen molar-refractivity contribution in [3.63, 3.8) is 0 Å². The molecule has 19 heavy (non-hydrogen) atoms. The standard InChI is InChI=1S/C13H19N5O/c1-10-16-12(19-17-10)3-6-18-9-15-7-11(18)13(2)4-5-14-8-13/h7,9,14H,3-6,8H2,1-2H3. The van der Waals surface area contributed by atoms with Crippen molar-refractivity contribution < 1.29 is 4.52 Å². The summed E-state index contributed by atoms with van der Waals surface area (Å²) in [5.41, 5.74) is 1.47. The van der Waals surface area contributed by atoms with Crippen molar-refractivity contribution in [2.75, 3.05) is 13.1 Å². The predicted octanol–water partition coefficient (Wildman–Crippen LogP) is 1.07. The molecule has 0 spiro atoms. The zero-order valence-corrected chi connectivity index (χ0v) is 11.4. The third-order valence-electron chi connectivity index (χ3n) is 3.84. The Hall–Kier alpha value is -1.69. The van der Waals surface area contributed by atoms with Gasteiger partial charge in [0.15, 0.2) is 5.82 Å². The minimum atomic E-state index is 0.182. The third-order valence-corrected chi connectivity index (χ3v) is 3.84. The van der Waals surface area contributed by atoms with Gasteiger partial charge in [-0.3, -0.25) is 0 Å². The van der Waals surface area contributed by atoms with E-state index in [-0.39, 0.29) is 5.41 Å². The second kappa shape index (κ2) is 4.77. The molecule has 1 saturated heterocycles. The summed E-state index contributed by atoms with van der Waals surface area (Å²) >= 11 is 0. The number of rotatable bonds is 4. The lowest BCUT2D eigenvalue weighted by Gasteiger charge is -2.24. The molecule has 6 nitrogen and oxygen atoms in total. The van der Waals surface area contributed by atoms with E-state index in [1.807, 2.05) is 19.4 Å². The van der Waals surface area contributed by atoms with Crippen LogP contribution >= 0.6 is 0 Å². The van der Waals surface area contributed by atoms with E-state index in [9.17, 15) is 0 Å². The molecular weight excluding hydrogens is 242 g/mol. The minimum Gasteiger partial charge on any atom is -0.339 e. The van der Waals surface area contributed by atoms with E-state index in [4.69, 9.17) is 4.52 Å². The van der Waals surface area contributed by atoms with Crippen molar-refractivity contribution in [2.24, 2.45) is 0 Å². The van der Waals surface area contributed by atoms with Gasteiger partial charge in [-0.2, -0.15) is 4.98 Å². The fraction of sp³-hybridized carbons (Fsp3) is 0.615. The van der Waals surface area contributed by atoms with Crippen LogP contribution in [0.2, 0.25) is 0 Å². The average molecular weight is 261 g/mol. The molecule has 0 bridgehead atoms. The molecule has 1 aliphatic heterocycles. The van der Waals surface area contributed by atoms with Crippen LogP contribution in [0.1, 0.15) is 30.8 Å². The fourth-order valence-corrected chi connectivity index (χ4v) is 2.69. The van der Waals surface area contributed by atoms with Crippen molar-refractivity contribution in [2.45, 2.75) is 38.6 Å². The number of hydrogen-bond donors (Lipinski definition) is 1. The predicted molar refractivity (Wildman–Crippen MR) is 69.8 cm³/mol. The first-order chi connectivity index (χ1) is 9.17. The zero-order valence-electron chi connectivity index (χ0n) is 11.4. The van der Waals surface area contributed by atoms with Gasteiger partial charge in [0.2, 0.25) is 5.89 Å². The van der Waals surface area contributed by atoms with Crippen LogP contribution in [0.4, 0.5) is 0 Å². The maximum Gasteiger partial charge on any atom is 0.228 e.